The van der Waals surface area contributed by atoms with Crippen molar-refractivity contribution in [2.45, 2.75) is 26.7 Å². The molecule has 0 aromatic heterocycles. The van der Waals surface area contributed by atoms with E-state index in [1.807, 2.05) is 12.1 Å². The van der Waals surface area contributed by atoms with E-state index >= 15 is 0 Å². The SMILES string of the molecule is CCc1cccc(CC(=O)OC)c1C. The van der Waals surface area contributed by atoms with Gasteiger partial charge in [0, 0.05) is 0 Å². The van der Waals surface area contributed by atoms with Crippen molar-refractivity contribution < 1.29 is 9.53 Å². The van der Waals surface area contributed by atoms with Crippen molar-refractivity contribution in [3.63, 3.8) is 0 Å². The summed E-state index contributed by atoms with van der Waals surface area (Å²) >= 11 is 0. The van der Waals surface area contributed by atoms with Gasteiger partial charge in [-0.25, -0.2) is 0 Å². The van der Waals surface area contributed by atoms with Crippen LogP contribution in [-0.4, -0.2) is 13.1 Å². The Labute approximate surface area is 84.9 Å². The van der Waals surface area contributed by atoms with Crippen LogP contribution >= 0.6 is 0 Å². The molecule has 1 aromatic rings. The topological polar surface area (TPSA) is 26.3 Å². The number of esters is 1. The maximum atomic E-state index is 11.1. The van der Waals surface area contributed by atoms with Crippen molar-refractivity contribution in [1.82, 2.24) is 0 Å². The van der Waals surface area contributed by atoms with Crippen LogP contribution in [0.3, 0.4) is 0 Å². The average Bonchev–Trinajstić information content (AvgIpc) is 2.21. The third-order valence-corrected chi connectivity index (χ3v) is 2.50. The molecule has 0 fully saturated rings. The van der Waals surface area contributed by atoms with E-state index < -0.39 is 0 Å². The maximum Gasteiger partial charge on any atom is 0.309 e. The normalized spacial score (nSPS) is 9.93. The smallest absolute Gasteiger partial charge is 0.309 e. The predicted molar refractivity (Wildman–Crippen MR) is 56.3 cm³/mol. The number of aryl methyl sites for hydroxylation is 1. The van der Waals surface area contributed by atoms with Crippen LogP contribution in [0.1, 0.15) is 23.6 Å². The highest BCUT2D eigenvalue weighted by Crippen LogP contribution is 2.15. The van der Waals surface area contributed by atoms with E-state index in [2.05, 4.69) is 24.7 Å². The summed E-state index contributed by atoms with van der Waals surface area (Å²) in [7, 11) is 1.42. The summed E-state index contributed by atoms with van der Waals surface area (Å²) in [6.07, 6.45) is 1.37. The molecule has 0 radical (unpaired) electrons. The molecule has 2 heteroatoms. The van der Waals surface area contributed by atoms with Crippen LogP contribution in [0.25, 0.3) is 0 Å². The molecule has 0 N–H and O–H groups in total. The minimum atomic E-state index is -0.179. The molecular weight excluding hydrogens is 176 g/mol. The molecule has 0 unspecified atom stereocenters. The van der Waals surface area contributed by atoms with Gasteiger partial charge in [-0.2, -0.15) is 0 Å². The molecule has 0 bridgehead atoms. The molecule has 0 atom stereocenters. The molecule has 0 aliphatic carbocycles. The standard InChI is InChI=1S/C12H16O2/c1-4-10-6-5-7-11(9(10)2)8-12(13)14-3/h5-7H,4,8H2,1-3H3. The zero-order chi connectivity index (χ0) is 10.6. The second-order valence-electron chi connectivity index (χ2n) is 3.31. The first-order valence-corrected chi connectivity index (χ1v) is 4.83. The summed E-state index contributed by atoms with van der Waals surface area (Å²) in [6.45, 7) is 4.17. The summed E-state index contributed by atoms with van der Waals surface area (Å²) < 4.78 is 4.64. The van der Waals surface area contributed by atoms with Gasteiger partial charge < -0.3 is 4.74 Å². The molecule has 0 saturated carbocycles. The highest BCUT2D eigenvalue weighted by Gasteiger charge is 2.07. The van der Waals surface area contributed by atoms with Gasteiger partial charge in [0.2, 0.25) is 0 Å². The summed E-state index contributed by atoms with van der Waals surface area (Å²) in [4.78, 5) is 11.1. The molecule has 2 nitrogen and oxygen atoms in total. The fourth-order valence-electron chi connectivity index (χ4n) is 1.54. The van der Waals surface area contributed by atoms with E-state index in [0.29, 0.717) is 6.42 Å². The van der Waals surface area contributed by atoms with Crippen molar-refractivity contribution in [2.24, 2.45) is 0 Å². The Morgan fingerprint density at radius 2 is 2.00 bits per heavy atom. The fourth-order valence-corrected chi connectivity index (χ4v) is 1.54. The molecule has 14 heavy (non-hydrogen) atoms. The monoisotopic (exact) mass is 192 g/mol. The number of benzene rings is 1. The van der Waals surface area contributed by atoms with Crippen LogP contribution < -0.4 is 0 Å². The molecule has 1 rings (SSSR count). The third kappa shape index (κ3) is 2.34. The summed E-state index contributed by atoms with van der Waals surface area (Å²) in [5.41, 5.74) is 3.57. The number of rotatable bonds is 3. The van der Waals surface area contributed by atoms with Crippen LogP contribution in [0.5, 0.6) is 0 Å². The van der Waals surface area contributed by atoms with Gasteiger partial charge in [-0.15, -0.1) is 0 Å². The molecule has 0 aliphatic rings. The van der Waals surface area contributed by atoms with Gasteiger partial charge in [0.05, 0.1) is 13.5 Å². The van der Waals surface area contributed by atoms with Gasteiger partial charge >= 0.3 is 5.97 Å². The van der Waals surface area contributed by atoms with Crippen LogP contribution in [0.4, 0.5) is 0 Å². The molecule has 76 valence electrons. The third-order valence-electron chi connectivity index (χ3n) is 2.50. The lowest BCUT2D eigenvalue weighted by Crippen LogP contribution is -2.06. The zero-order valence-electron chi connectivity index (χ0n) is 8.96. The number of hydrogen-bond acceptors (Lipinski definition) is 2. The lowest BCUT2D eigenvalue weighted by molar-refractivity contribution is -0.139. The largest absolute Gasteiger partial charge is 0.469 e. The Morgan fingerprint density at radius 1 is 1.36 bits per heavy atom. The van der Waals surface area contributed by atoms with Gasteiger partial charge in [-0.05, 0) is 30.0 Å². The van der Waals surface area contributed by atoms with Gasteiger partial charge in [0.1, 0.15) is 0 Å². The highest BCUT2D eigenvalue weighted by molar-refractivity contribution is 5.73. The first-order chi connectivity index (χ1) is 6.69. The number of carbonyl (C=O) groups is 1. The summed E-state index contributed by atoms with van der Waals surface area (Å²) in [5.74, 6) is -0.179. The van der Waals surface area contributed by atoms with Crippen molar-refractivity contribution in [1.29, 1.82) is 0 Å². The van der Waals surface area contributed by atoms with Crippen LogP contribution in [0.15, 0.2) is 18.2 Å². The van der Waals surface area contributed by atoms with E-state index in [-0.39, 0.29) is 5.97 Å². The van der Waals surface area contributed by atoms with Crippen molar-refractivity contribution in [3.05, 3.63) is 34.9 Å². The number of hydrogen-bond donors (Lipinski definition) is 0. The maximum absolute atomic E-state index is 11.1. The van der Waals surface area contributed by atoms with Crippen LogP contribution in [0.2, 0.25) is 0 Å². The molecule has 0 spiro atoms. The Bertz CT molecular complexity index is 329. The Balaban J connectivity index is 2.92. The van der Waals surface area contributed by atoms with E-state index in [0.717, 1.165) is 12.0 Å². The van der Waals surface area contributed by atoms with Crippen molar-refractivity contribution in [2.75, 3.05) is 7.11 Å². The molecular formula is C12H16O2. The fraction of sp³-hybridized carbons (Fsp3) is 0.417. The summed E-state index contributed by atoms with van der Waals surface area (Å²) in [5, 5.41) is 0. The van der Waals surface area contributed by atoms with Gasteiger partial charge in [0.15, 0.2) is 0 Å². The van der Waals surface area contributed by atoms with E-state index in [1.165, 1.54) is 18.2 Å². The van der Waals surface area contributed by atoms with Crippen molar-refractivity contribution in [3.8, 4) is 0 Å². The molecule has 0 saturated heterocycles. The van der Waals surface area contributed by atoms with E-state index in [1.54, 1.807) is 0 Å². The lowest BCUT2D eigenvalue weighted by Gasteiger charge is -2.08. The predicted octanol–water partition coefficient (Wildman–Crippen LogP) is 2.27. The summed E-state index contributed by atoms with van der Waals surface area (Å²) in [6, 6.07) is 6.06. The Kier molecular flexibility index (Phi) is 3.69. The molecule has 0 aliphatic heterocycles. The number of methoxy groups -OCH3 is 1. The zero-order valence-corrected chi connectivity index (χ0v) is 8.96. The average molecular weight is 192 g/mol. The van der Waals surface area contributed by atoms with Crippen molar-refractivity contribution >= 4 is 5.97 Å². The first kappa shape index (κ1) is 10.8. The van der Waals surface area contributed by atoms with E-state index in [4.69, 9.17) is 0 Å². The van der Waals surface area contributed by atoms with Gasteiger partial charge in [-0.3, -0.25) is 4.79 Å². The Hall–Kier alpha value is -1.31. The van der Waals surface area contributed by atoms with Gasteiger partial charge in [0.25, 0.3) is 0 Å². The lowest BCUT2D eigenvalue weighted by atomic mass is 9.99. The second-order valence-corrected chi connectivity index (χ2v) is 3.31. The Morgan fingerprint density at radius 3 is 2.57 bits per heavy atom. The molecule has 0 heterocycles. The minimum Gasteiger partial charge on any atom is -0.469 e. The van der Waals surface area contributed by atoms with Crippen LogP contribution in [-0.2, 0) is 22.4 Å². The molecule has 0 amide bonds. The van der Waals surface area contributed by atoms with E-state index in [9.17, 15) is 4.79 Å². The quantitative estimate of drug-likeness (QED) is 0.687. The second kappa shape index (κ2) is 4.80. The number of ether oxygens (including phenoxy) is 1. The van der Waals surface area contributed by atoms with Gasteiger partial charge in [-0.1, -0.05) is 25.1 Å². The first-order valence-electron chi connectivity index (χ1n) is 4.83. The number of carbonyl (C=O) groups excluding carboxylic acids is 1. The highest BCUT2D eigenvalue weighted by atomic mass is 16.5. The van der Waals surface area contributed by atoms with Crippen LogP contribution in [0, 0.1) is 6.92 Å². The molecule has 1 aromatic carbocycles. The minimum absolute atomic E-state index is 0.179.